The van der Waals surface area contributed by atoms with Gasteiger partial charge in [-0.05, 0) is 50.1 Å². The number of allylic oxidation sites excluding steroid dienone is 1. The van der Waals surface area contributed by atoms with Gasteiger partial charge in [0.05, 0.1) is 4.90 Å². The van der Waals surface area contributed by atoms with Gasteiger partial charge >= 0.3 is 0 Å². The Morgan fingerprint density at radius 3 is 2.33 bits per heavy atom. The van der Waals surface area contributed by atoms with Gasteiger partial charge in [0.15, 0.2) is 5.78 Å². The van der Waals surface area contributed by atoms with Crippen molar-refractivity contribution in [2.45, 2.75) is 37.6 Å². The predicted octanol–water partition coefficient (Wildman–Crippen LogP) is 3.30. The van der Waals surface area contributed by atoms with E-state index in [-0.39, 0.29) is 29.6 Å². The summed E-state index contributed by atoms with van der Waals surface area (Å²) < 4.78 is 28.2. The van der Waals surface area contributed by atoms with E-state index in [1.807, 2.05) is 13.0 Å². The summed E-state index contributed by atoms with van der Waals surface area (Å²) in [4.78, 5) is 25.6. The lowest BCUT2D eigenvalue weighted by atomic mass is 9.89. The molecule has 0 saturated carbocycles. The summed E-state index contributed by atoms with van der Waals surface area (Å²) in [7, 11) is -3.90. The standard InChI is InChI=1S/C23H24N2O4S/c1-15-8-10-19(11-9-15)30(28,29)25-14-17-12-22(26)16(2)20(17)13-21(25)23(27)24-18-6-4-3-5-7-18/h3-11,17,21H,12-14H2,1-2H3,(H,24,27)/t17?,21-/m0/s1. The average Bonchev–Trinajstić information content (AvgIpc) is 3.01. The van der Waals surface area contributed by atoms with Gasteiger partial charge in [-0.25, -0.2) is 8.42 Å². The molecule has 1 aliphatic carbocycles. The van der Waals surface area contributed by atoms with Crippen LogP contribution >= 0.6 is 0 Å². The molecule has 2 atom stereocenters. The molecule has 1 N–H and O–H groups in total. The number of anilines is 1. The van der Waals surface area contributed by atoms with Gasteiger partial charge in [0, 0.05) is 24.6 Å². The zero-order valence-corrected chi connectivity index (χ0v) is 17.8. The third-order valence-corrected chi connectivity index (χ3v) is 7.85. The minimum Gasteiger partial charge on any atom is -0.325 e. The van der Waals surface area contributed by atoms with Crippen LogP contribution in [0.4, 0.5) is 5.69 Å². The molecule has 2 aromatic carbocycles. The van der Waals surface area contributed by atoms with Gasteiger partial charge in [-0.2, -0.15) is 4.31 Å². The topological polar surface area (TPSA) is 83.6 Å². The maximum Gasteiger partial charge on any atom is 0.243 e. The molecule has 1 saturated heterocycles. The highest BCUT2D eigenvalue weighted by Crippen LogP contribution is 2.40. The number of rotatable bonds is 4. The van der Waals surface area contributed by atoms with Crippen molar-refractivity contribution >= 4 is 27.4 Å². The number of fused-ring (bicyclic) bond motifs is 1. The van der Waals surface area contributed by atoms with Gasteiger partial charge in [-0.1, -0.05) is 41.5 Å². The summed E-state index contributed by atoms with van der Waals surface area (Å²) in [5.41, 5.74) is 3.13. The molecule has 2 aliphatic rings. The number of aryl methyl sites for hydroxylation is 1. The van der Waals surface area contributed by atoms with Gasteiger partial charge in [0.2, 0.25) is 15.9 Å². The van der Waals surface area contributed by atoms with E-state index in [9.17, 15) is 18.0 Å². The van der Waals surface area contributed by atoms with E-state index in [2.05, 4.69) is 5.32 Å². The van der Waals surface area contributed by atoms with Crippen molar-refractivity contribution in [2.24, 2.45) is 5.92 Å². The van der Waals surface area contributed by atoms with Gasteiger partial charge in [0.1, 0.15) is 6.04 Å². The quantitative estimate of drug-likeness (QED) is 0.816. The number of hydrogen-bond donors (Lipinski definition) is 1. The first-order chi connectivity index (χ1) is 14.3. The van der Waals surface area contributed by atoms with E-state index in [0.29, 0.717) is 17.7 Å². The third-order valence-electron chi connectivity index (χ3n) is 5.96. The predicted molar refractivity (Wildman–Crippen MR) is 114 cm³/mol. The Labute approximate surface area is 176 Å². The molecule has 2 aromatic rings. The van der Waals surface area contributed by atoms with Crippen LogP contribution in [-0.2, 0) is 19.6 Å². The molecular weight excluding hydrogens is 400 g/mol. The average molecular weight is 425 g/mol. The Hall–Kier alpha value is -2.77. The minimum atomic E-state index is -3.90. The first kappa shape index (κ1) is 20.5. The van der Waals surface area contributed by atoms with Crippen LogP contribution in [0.25, 0.3) is 0 Å². The fourth-order valence-electron chi connectivity index (χ4n) is 4.22. The van der Waals surface area contributed by atoms with Crippen LogP contribution in [0.2, 0.25) is 0 Å². The summed E-state index contributed by atoms with van der Waals surface area (Å²) in [6, 6.07) is 14.6. The number of ketones is 1. The van der Waals surface area contributed by atoms with Crippen LogP contribution in [-0.4, -0.2) is 37.0 Å². The highest BCUT2D eigenvalue weighted by Gasteiger charge is 2.46. The number of amides is 1. The van der Waals surface area contributed by atoms with E-state index in [0.717, 1.165) is 11.1 Å². The fraction of sp³-hybridized carbons (Fsp3) is 0.304. The fourth-order valence-corrected chi connectivity index (χ4v) is 5.85. The number of para-hydroxylation sites is 1. The molecule has 1 amide bonds. The molecule has 6 nitrogen and oxygen atoms in total. The van der Waals surface area contributed by atoms with Crippen molar-refractivity contribution in [3.63, 3.8) is 0 Å². The number of nitrogens with one attached hydrogen (secondary N) is 1. The highest BCUT2D eigenvalue weighted by molar-refractivity contribution is 7.89. The largest absolute Gasteiger partial charge is 0.325 e. The molecule has 1 heterocycles. The van der Waals surface area contributed by atoms with Crippen LogP contribution in [0.1, 0.15) is 25.3 Å². The second kappa shape index (κ2) is 7.81. The highest BCUT2D eigenvalue weighted by atomic mass is 32.2. The van der Waals surface area contributed by atoms with E-state index < -0.39 is 22.0 Å². The summed E-state index contributed by atoms with van der Waals surface area (Å²) in [5.74, 6) is -0.528. The second-order valence-corrected chi connectivity index (χ2v) is 9.83. The normalized spacial score (nSPS) is 22.1. The van der Waals surface area contributed by atoms with Crippen molar-refractivity contribution < 1.29 is 18.0 Å². The Morgan fingerprint density at radius 1 is 1.00 bits per heavy atom. The molecule has 1 fully saturated rings. The van der Waals surface area contributed by atoms with E-state index in [1.165, 1.54) is 4.31 Å². The monoisotopic (exact) mass is 424 g/mol. The zero-order valence-electron chi connectivity index (χ0n) is 17.0. The number of carbonyl (C=O) groups excluding carboxylic acids is 2. The van der Waals surface area contributed by atoms with Crippen molar-refractivity contribution in [1.82, 2.24) is 4.31 Å². The van der Waals surface area contributed by atoms with Crippen LogP contribution in [0, 0.1) is 12.8 Å². The lowest BCUT2D eigenvalue weighted by Gasteiger charge is -2.38. The molecule has 1 unspecified atom stereocenters. The van der Waals surface area contributed by atoms with E-state index in [1.54, 1.807) is 55.5 Å². The van der Waals surface area contributed by atoms with Gasteiger partial charge < -0.3 is 5.32 Å². The first-order valence-corrected chi connectivity index (χ1v) is 11.4. The second-order valence-electron chi connectivity index (χ2n) is 7.94. The lowest BCUT2D eigenvalue weighted by Crippen LogP contribution is -2.52. The summed E-state index contributed by atoms with van der Waals surface area (Å²) in [6.07, 6.45) is 0.528. The SMILES string of the molecule is CC1=C2C[C@@H](C(=O)Nc3ccccc3)N(S(=O)(=O)c3ccc(C)cc3)CC2CC1=O. The maximum absolute atomic E-state index is 13.5. The molecule has 0 spiro atoms. The number of sulfonamides is 1. The molecule has 7 heteroatoms. The molecule has 30 heavy (non-hydrogen) atoms. The van der Waals surface area contributed by atoms with Crippen molar-refractivity contribution in [3.8, 4) is 0 Å². The molecule has 0 radical (unpaired) electrons. The van der Waals surface area contributed by atoms with Gasteiger partial charge in [-0.15, -0.1) is 0 Å². The van der Waals surface area contributed by atoms with Crippen LogP contribution in [0.5, 0.6) is 0 Å². The first-order valence-electron chi connectivity index (χ1n) is 9.94. The summed E-state index contributed by atoms with van der Waals surface area (Å²) >= 11 is 0. The summed E-state index contributed by atoms with van der Waals surface area (Å²) in [5, 5.41) is 2.83. The minimum absolute atomic E-state index is 0.0341. The number of Topliss-reactive ketones (excluding diaryl/α,β-unsaturated/α-hetero) is 1. The van der Waals surface area contributed by atoms with Crippen molar-refractivity contribution in [2.75, 3.05) is 11.9 Å². The molecule has 4 rings (SSSR count). The van der Waals surface area contributed by atoms with Crippen LogP contribution in [0.15, 0.2) is 70.6 Å². The van der Waals surface area contributed by atoms with Crippen molar-refractivity contribution in [3.05, 3.63) is 71.3 Å². The third kappa shape index (κ3) is 3.70. The molecule has 156 valence electrons. The zero-order chi connectivity index (χ0) is 21.5. The van der Waals surface area contributed by atoms with E-state index in [4.69, 9.17) is 0 Å². The number of nitrogens with zero attached hydrogens (tertiary/aromatic N) is 1. The lowest BCUT2D eigenvalue weighted by molar-refractivity contribution is -0.120. The Balaban J connectivity index is 1.71. The smallest absolute Gasteiger partial charge is 0.243 e. The van der Waals surface area contributed by atoms with Crippen molar-refractivity contribution in [1.29, 1.82) is 0 Å². The van der Waals surface area contributed by atoms with Crippen LogP contribution in [0.3, 0.4) is 0 Å². The Morgan fingerprint density at radius 2 is 1.67 bits per heavy atom. The molecule has 0 bridgehead atoms. The number of carbonyl (C=O) groups is 2. The number of hydrogen-bond acceptors (Lipinski definition) is 4. The maximum atomic E-state index is 13.5. The van der Waals surface area contributed by atoms with Gasteiger partial charge in [0.25, 0.3) is 0 Å². The Kier molecular flexibility index (Phi) is 5.34. The molecule has 0 aromatic heterocycles. The summed E-state index contributed by atoms with van der Waals surface area (Å²) in [6.45, 7) is 3.78. The van der Waals surface area contributed by atoms with E-state index >= 15 is 0 Å². The number of benzene rings is 2. The number of piperidine rings is 1. The van der Waals surface area contributed by atoms with Gasteiger partial charge in [-0.3, -0.25) is 9.59 Å². The van der Waals surface area contributed by atoms with Crippen LogP contribution < -0.4 is 5.32 Å². The molecule has 1 aliphatic heterocycles. The Bertz CT molecular complexity index is 1120. The molecular formula is C23H24N2O4S.